The van der Waals surface area contributed by atoms with Crippen LogP contribution in [0.3, 0.4) is 0 Å². The van der Waals surface area contributed by atoms with Gasteiger partial charge in [0.2, 0.25) is 0 Å². The number of hydrogen-bond donors (Lipinski definition) is 0. The van der Waals surface area contributed by atoms with E-state index in [1.165, 1.54) is 212 Å². The van der Waals surface area contributed by atoms with E-state index in [2.05, 4.69) is 41.5 Å². The fourth-order valence-corrected chi connectivity index (χ4v) is 8.34. The zero-order chi connectivity index (χ0) is 32.8. The van der Waals surface area contributed by atoms with Crippen LogP contribution in [-0.4, -0.2) is 0 Å². The molecule has 1 aliphatic carbocycles. The second kappa shape index (κ2) is 31.3. The van der Waals surface area contributed by atoms with Crippen LogP contribution in [0.2, 0.25) is 0 Å². The molecule has 45 heavy (non-hydrogen) atoms. The summed E-state index contributed by atoms with van der Waals surface area (Å²) < 4.78 is 0. The fourth-order valence-electron chi connectivity index (χ4n) is 8.34. The van der Waals surface area contributed by atoms with Gasteiger partial charge >= 0.3 is 0 Å². The lowest BCUT2D eigenvalue weighted by Gasteiger charge is -2.26. The van der Waals surface area contributed by atoms with Crippen molar-refractivity contribution in [1.29, 1.82) is 0 Å². The summed E-state index contributed by atoms with van der Waals surface area (Å²) in [6.07, 6.45) is 48.8. The summed E-state index contributed by atoms with van der Waals surface area (Å²) in [4.78, 5) is 0. The predicted octanol–water partition coefficient (Wildman–Crippen LogP) is 16.7. The molecule has 0 aliphatic heterocycles. The van der Waals surface area contributed by atoms with Crippen molar-refractivity contribution in [2.75, 3.05) is 0 Å². The highest BCUT2D eigenvalue weighted by Gasteiger charge is 2.36. The van der Waals surface area contributed by atoms with Gasteiger partial charge in [-0.25, -0.2) is 0 Å². The third-order valence-electron chi connectivity index (χ3n) is 12.5. The van der Waals surface area contributed by atoms with Gasteiger partial charge in [0.25, 0.3) is 0 Å². The molecule has 0 bridgehead atoms. The normalized spacial score (nSPS) is 19.1. The van der Waals surface area contributed by atoms with Crippen LogP contribution in [0, 0.1) is 35.5 Å². The van der Waals surface area contributed by atoms with Crippen molar-refractivity contribution in [3.8, 4) is 0 Å². The van der Waals surface area contributed by atoms with Gasteiger partial charge in [0.15, 0.2) is 0 Å². The molecule has 0 aromatic carbocycles. The molecule has 0 N–H and O–H groups in total. The van der Waals surface area contributed by atoms with Gasteiger partial charge < -0.3 is 0 Å². The Labute approximate surface area is 288 Å². The molecule has 0 saturated heterocycles. The summed E-state index contributed by atoms with van der Waals surface area (Å²) in [7, 11) is 0. The van der Waals surface area contributed by atoms with Crippen molar-refractivity contribution in [2.45, 2.75) is 253 Å². The maximum absolute atomic E-state index is 2.55. The highest BCUT2D eigenvalue weighted by Crippen LogP contribution is 2.45. The second-order valence-corrected chi connectivity index (χ2v) is 16.9. The monoisotopic (exact) mass is 631 g/mol. The van der Waals surface area contributed by atoms with Gasteiger partial charge in [-0.05, 0) is 41.9 Å². The van der Waals surface area contributed by atoms with Crippen LogP contribution < -0.4 is 0 Å². The van der Waals surface area contributed by atoms with Gasteiger partial charge in [-0.3, -0.25) is 0 Å². The van der Waals surface area contributed by atoms with Gasteiger partial charge in [-0.2, -0.15) is 0 Å². The van der Waals surface area contributed by atoms with Crippen molar-refractivity contribution >= 4 is 0 Å². The van der Waals surface area contributed by atoms with E-state index >= 15 is 0 Å². The van der Waals surface area contributed by atoms with Crippen molar-refractivity contribution in [2.24, 2.45) is 35.5 Å². The second-order valence-electron chi connectivity index (χ2n) is 16.9. The average Bonchev–Trinajstić information content (AvgIpc) is 3.78. The molecule has 6 atom stereocenters. The smallest absolute Gasteiger partial charge is 0.0360 e. The molecule has 0 amide bonds. The van der Waals surface area contributed by atoms with Gasteiger partial charge in [-0.1, -0.05) is 247 Å². The van der Waals surface area contributed by atoms with Crippen LogP contribution in [0.4, 0.5) is 0 Å². The van der Waals surface area contributed by atoms with Crippen LogP contribution >= 0.6 is 0 Å². The molecule has 0 aromatic heterocycles. The summed E-state index contributed by atoms with van der Waals surface area (Å²) >= 11 is 0. The summed E-state index contributed by atoms with van der Waals surface area (Å²) in [6.45, 7) is 14.9. The van der Waals surface area contributed by atoms with Crippen molar-refractivity contribution < 1.29 is 0 Å². The van der Waals surface area contributed by atoms with Crippen LogP contribution in [-0.2, 0) is 0 Å². The topological polar surface area (TPSA) is 0 Å². The van der Waals surface area contributed by atoms with E-state index in [0.29, 0.717) is 0 Å². The third kappa shape index (κ3) is 26.6. The number of unbranched alkanes of at least 4 members (excludes halogenated alkanes) is 27. The fraction of sp³-hybridized carbons (Fsp3) is 1.00. The first-order valence-electron chi connectivity index (χ1n) is 22.0. The van der Waals surface area contributed by atoms with E-state index in [1.54, 1.807) is 0 Å². The zero-order valence-corrected chi connectivity index (χ0v) is 32.8. The molecule has 1 aliphatic rings. The quantitative estimate of drug-likeness (QED) is 0.0604. The molecular weight excluding hydrogens is 540 g/mol. The Morgan fingerprint density at radius 1 is 0.378 bits per heavy atom. The molecule has 6 unspecified atom stereocenters. The minimum absolute atomic E-state index is 0.899. The Hall–Kier alpha value is 0. The van der Waals surface area contributed by atoms with E-state index < -0.39 is 0 Å². The van der Waals surface area contributed by atoms with Crippen LogP contribution in [0.15, 0.2) is 0 Å². The van der Waals surface area contributed by atoms with Gasteiger partial charge in [0.05, 0.1) is 0 Å². The number of rotatable bonds is 36. The molecule has 0 spiro atoms. The molecule has 1 fully saturated rings. The molecule has 0 nitrogen and oxygen atoms in total. The van der Waals surface area contributed by atoms with E-state index in [4.69, 9.17) is 0 Å². The van der Waals surface area contributed by atoms with E-state index in [-0.39, 0.29) is 0 Å². The lowest BCUT2D eigenvalue weighted by molar-refractivity contribution is 0.244. The highest BCUT2D eigenvalue weighted by atomic mass is 14.4. The van der Waals surface area contributed by atoms with Crippen LogP contribution in [0.5, 0.6) is 0 Å². The van der Waals surface area contributed by atoms with Crippen LogP contribution in [0.25, 0.3) is 0 Å². The molecule has 0 heterocycles. The van der Waals surface area contributed by atoms with Crippen molar-refractivity contribution in [3.63, 3.8) is 0 Å². The Morgan fingerprint density at radius 3 is 0.889 bits per heavy atom. The van der Waals surface area contributed by atoms with E-state index in [0.717, 1.165) is 35.5 Å². The first-order chi connectivity index (χ1) is 22.0. The first-order valence-corrected chi connectivity index (χ1v) is 22.0. The molecule has 0 aromatic rings. The molecule has 1 saturated carbocycles. The maximum atomic E-state index is 2.55. The van der Waals surface area contributed by atoms with E-state index in [9.17, 15) is 0 Å². The van der Waals surface area contributed by atoms with Gasteiger partial charge in [-0.15, -0.1) is 0 Å². The zero-order valence-electron chi connectivity index (χ0n) is 32.8. The standard InChI is InChI=1S/C45H90/c1-7-8-9-10-11-12-13-14-15-16-17-18-19-20-21-22-23-24-27-30-33-36-40(2)44(6)41(3)37-34-31-28-25-26-29-32-35-38-42(4)45-39-43(45)5/h40-45H,7-39H2,1-6H3. The SMILES string of the molecule is CCCCCCCCCCCCCCCCCCCCCCCC(C)C(C)C(C)CCCCCCCCCCC(C)C1CC1C. The lowest BCUT2D eigenvalue weighted by Crippen LogP contribution is -2.16. The van der Waals surface area contributed by atoms with Gasteiger partial charge in [0.1, 0.15) is 0 Å². The highest BCUT2D eigenvalue weighted by molar-refractivity contribution is 4.86. The average molecular weight is 631 g/mol. The summed E-state index contributed by atoms with van der Waals surface area (Å²) in [5, 5.41) is 0. The molecular formula is C45H90. The minimum Gasteiger partial charge on any atom is -0.0654 e. The molecule has 1 rings (SSSR count). The molecule has 0 heteroatoms. The van der Waals surface area contributed by atoms with Gasteiger partial charge in [0, 0.05) is 0 Å². The summed E-state index contributed by atoms with van der Waals surface area (Å²) in [5.74, 6) is 5.82. The minimum atomic E-state index is 0.899. The Morgan fingerprint density at radius 2 is 0.622 bits per heavy atom. The van der Waals surface area contributed by atoms with Crippen molar-refractivity contribution in [1.82, 2.24) is 0 Å². The Balaban J connectivity index is 1.77. The Bertz CT molecular complexity index is 579. The molecule has 0 radical (unpaired) electrons. The van der Waals surface area contributed by atoms with Crippen LogP contribution in [0.1, 0.15) is 253 Å². The largest absolute Gasteiger partial charge is 0.0654 e. The third-order valence-corrected chi connectivity index (χ3v) is 12.5. The lowest BCUT2D eigenvalue weighted by atomic mass is 9.80. The van der Waals surface area contributed by atoms with E-state index in [1.807, 2.05) is 0 Å². The van der Waals surface area contributed by atoms with Crippen molar-refractivity contribution in [3.05, 3.63) is 0 Å². The summed E-state index contributed by atoms with van der Waals surface area (Å²) in [5.41, 5.74) is 0. The molecule has 270 valence electrons. The predicted molar refractivity (Wildman–Crippen MR) is 207 cm³/mol. The number of hydrogen-bond acceptors (Lipinski definition) is 0. The Kier molecular flexibility index (Phi) is 29.9. The maximum Gasteiger partial charge on any atom is -0.0360 e. The first kappa shape index (κ1) is 43.0. The summed E-state index contributed by atoms with van der Waals surface area (Å²) in [6, 6.07) is 0.